The highest BCUT2D eigenvalue weighted by Gasteiger charge is 2.19. The first kappa shape index (κ1) is 12.5. The van der Waals surface area contributed by atoms with Crippen LogP contribution in [0.1, 0.15) is 24.8 Å². The number of carbonyl (C=O) groups is 1. The summed E-state index contributed by atoms with van der Waals surface area (Å²) in [4.78, 5) is 11.6. The first-order chi connectivity index (χ1) is 8.78. The number of hydrogen-bond donors (Lipinski definition) is 3. The second-order valence-corrected chi connectivity index (χ2v) is 4.31. The minimum Gasteiger partial charge on any atom is -0.335 e. The van der Waals surface area contributed by atoms with Crippen molar-refractivity contribution in [1.29, 1.82) is 0 Å². The van der Waals surface area contributed by atoms with Crippen LogP contribution in [-0.4, -0.2) is 18.6 Å². The van der Waals surface area contributed by atoms with Crippen LogP contribution in [0.5, 0.6) is 0 Å². The topological polar surface area (TPSA) is 67.1 Å². The van der Waals surface area contributed by atoms with Gasteiger partial charge in [0.1, 0.15) is 0 Å². The molecule has 1 aromatic rings. The van der Waals surface area contributed by atoms with Gasteiger partial charge in [-0.25, -0.2) is 4.79 Å². The monoisotopic (exact) mass is 243 g/mol. The molecule has 0 radical (unpaired) electrons. The molecule has 1 aliphatic carbocycles. The van der Waals surface area contributed by atoms with Crippen molar-refractivity contribution >= 4 is 11.7 Å². The minimum absolute atomic E-state index is 0.138. The number of anilines is 1. The Bertz CT molecular complexity index is 466. The van der Waals surface area contributed by atoms with Gasteiger partial charge in [0, 0.05) is 17.3 Å². The summed E-state index contributed by atoms with van der Waals surface area (Å²) in [7, 11) is 0. The Balaban J connectivity index is 1.87. The van der Waals surface area contributed by atoms with Crippen molar-refractivity contribution in [3.05, 3.63) is 29.8 Å². The number of nitrogens with two attached hydrogens (primary N) is 1. The van der Waals surface area contributed by atoms with Crippen LogP contribution in [0.15, 0.2) is 24.3 Å². The summed E-state index contributed by atoms with van der Waals surface area (Å²) in [6.07, 6.45) is 3.38. The van der Waals surface area contributed by atoms with Gasteiger partial charge in [0.2, 0.25) is 0 Å². The van der Waals surface area contributed by atoms with Gasteiger partial charge in [-0.1, -0.05) is 11.8 Å². The largest absolute Gasteiger partial charge is 0.335 e. The van der Waals surface area contributed by atoms with Crippen LogP contribution in [0.4, 0.5) is 10.5 Å². The molecule has 0 aromatic heterocycles. The highest BCUT2D eigenvalue weighted by molar-refractivity contribution is 5.89. The van der Waals surface area contributed by atoms with Crippen molar-refractivity contribution in [3.8, 4) is 11.8 Å². The molecule has 0 aliphatic heterocycles. The highest BCUT2D eigenvalue weighted by atomic mass is 16.2. The normalized spacial score (nSPS) is 14.1. The zero-order chi connectivity index (χ0) is 12.8. The maximum atomic E-state index is 11.6. The molecular weight excluding hydrogens is 226 g/mol. The summed E-state index contributed by atoms with van der Waals surface area (Å²) in [6, 6.07) is 7.60. The number of benzene rings is 1. The van der Waals surface area contributed by atoms with Crippen LogP contribution in [-0.2, 0) is 0 Å². The van der Waals surface area contributed by atoms with Crippen LogP contribution >= 0.6 is 0 Å². The van der Waals surface area contributed by atoms with Crippen LogP contribution in [0, 0.1) is 11.8 Å². The van der Waals surface area contributed by atoms with Gasteiger partial charge in [0.25, 0.3) is 0 Å². The lowest BCUT2D eigenvalue weighted by atomic mass is 9.93. The standard InChI is InChI=1S/C14H17N3O/c15-10-2-3-11-6-8-13(9-7-11)17-14(18)16-12-4-1-5-12/h6-9,12H,1,4-5,10,15H2,(H2,16,17,18). The molecule has 0 unspecified atom stereocenters. The third-order valence-electron chi connectivity index (χ3n) is 2.92. The molecule has 18 heavy (non-hydrogen) atoms. The molecule has 2 rings (SSSR count). The minimum atomic E-state index is -0.138. The molecule has 4 N–H and O–H groups in total. The van der Waals surface area contributed by atoms with Gasteiger partial charge in [-0.2, -0.15) is 0 Å². The zero-order valence-electron chi connectivity index (χ0n) is 10.2. The Morgan fingerprint density at radius 3 is 2.61 bits per heavy atom. The Labute approximate surface area is 107 Å². The zero-order valence-corrected chi connectivity index (χ0v) is 10.2. The van der Waals surface area contributed by atoms with Gasteiger partial charge in [-0.15, -0.1) is 0 Å². The average molecular weight is 243 g/mol. The van der Waals surface area contributed by atoms with Crippen molar-refractivity contribution in [2.45, 2.75) is 25.3 Å². The highest BCUT2D eigenvalue weighted by Crippen LogP contribution is 2.18. The summed E-state index contributed by atoms with van der Waals surface area (Å²) in [5.74, 6) is 5.72. The molecular formula is C14H17N3O. The Kier molecular flexibility index (Phi) is 4.21. The first-order valence-corrected chi connectivity index (χ1v) is 6.14. The van der Waals surface area contributed by atoms with Crippen LogP contribution in [0.3, 0.4) is 0 Å². The second kappa shape index (κ2) is 6.08. The van der Waals surface area contributed by atoms with Gasteiger partial charge >= 0.3 is 6.03 Å². The smallest absolute Gasteiger partial charge is 0.319 e. The van der Waals surface area contributed by atoms with Crippen LogP contribution < -0.4 is 16.4 Å². The number of rotatable bonds is 2. The number of urea groups is 1. The number of carbonyl (C=O) groups excluding carboxylic acids is 1. The Hall–Kier alpha value is -1.99. The van der Waals surface area contributed by atoms with Crippen LogP contribution in [0.25, 0.3) is 0 Å². The molecule has 1 aliphatic rings. The van der Waals surface area contributed by atoms with Crippen molar-refractivity contribution in [1.82, 2.24) is 5.32 Å². The van der Waals surface area contributed by atoms with E-state index in [9.17, 15) is 4.79 Å². The molecule has 0 heterocycles. The maximum absolute atomic E-state index is 11.6. The van der Waals surface area contributed by atoms with E-state index in [-0.39, 0.29) is 6.03 Å². The molecule has 4 heteroatoms. The van der Waals surface area contributed by atoms with Crippen molar-refractivity contribution in [3.63, 3.8) is 0 Å². The molecule has 4 nitrogen and oxygen atoms in total. The van der Waals surface area contributed by atoms with Crippen molar-refractivity contribution < 1.29 is 4.79 Å². The summed E-state index contributed by atoms with van der Waals surface area (Å²) < 4.78 is 0. The lowest BCUT2D eigenvalue weighted by Gasteiger charge is -2.26. The van der Waals surface area contributed by atoms with E-state index in [1.807, 2.05) is 24.3 Å². The average Bonchev–Trinajstić information content (AvgIpc) is 2.33. The van der Waals surface area contributed by atoms with E-state index in [1.165, 1.54) is 6.42 Å². The molecule has 0 bridgehead atoms. The molecule has 1 fully saturated rings. The lowest BCUT2D eigenvalue weighted by Crippen LogP contribution is -2.41. The summed E-state index contributed by atoms with van der Waals surface area (Å²) in [5.41, 5.74) is 6.96. The molecule has 94 valence electrons. The van der Waals surface area contributed by atoms with Gasteiger partial charge in [0.05, 0.1) is 6.54 Å². The first-order valence-electron chi connectivity index (χ1n) is 6.14. The lowest BCUT2D eigenvalue weighted by molar-refractivity contribution is 0.240. The number of nitrogens with one attached hydrogen (secondary N) is 2. The van der Waals surface area contributed by atoms with E-state index in [1.54, 1.807) is 0 Å². The fourth-order valence-corrected chi connectivity index (χ4v) is 1.70. The van der Waals surface area contributed by atoms with Crippen molar-refractivity contribution in [2.24, 2.45) is 5.73 Å². The Morgan fingerprint density at radius 1 is 1.33 bits per heavy atom. The molecule has 1 aromatic carbocycles. The van der Waals surface area contributed by atoms with E-state index < -0.39 is 0 Å². The third-order valence-corrected chi connectivity index (χ3v) is 2.92. The molecule has 1 saturated carbocycles. The summed E-state index contributed by atoms with van der Waals surface area (Å²) >= 11 is 0. The fraction of sp³-hybridized carbons (Fsp3) is 0.357. The molecule has 0 atom stereocenters. The van der Waals surface area contributed by atoms with Gasteiger partial charge in [0.15, 0.2) is 0 Å². The van der Waals surface area contributed by atoms with E-state index in [0.29, 0.717) is 12.6 Å². The predicted molar refractivity (Wildman–Crippen MR) is 72.2 cm³/mol. The molecule has 2 amide bonds. The van der Waals surface area contributed by atoms with Crippen molar-refractivity contribution in [2.75, 3.05) is 11.9 Å². The third kappa shape index (κ3) is 3.51. The second-order valence-electron chi connectivity index (χ2n) is 4.31. The maximum Gasteiger partial charge on any atom is 0.319 e. The van der Waals surface area contributed by atoms with Crippen LogP contribution in [0.2, 0.25) is 0 Å². The summed E-state index contributed by atoms with van der Waals surface area (Å²) in [5, 5.41) is 5.72. The number of hydrogen-bond acceptors (Lipinski definition) is 2. The van der Waals surface area contributed by atoms with E-state index in [2.05, 4.69) is 22.5 Å². The van der Waals surface area contributed by atoms with Gasteiger partial charge < -0.3 is 16.4 Å². The van der Waals surface area contributed by atoms with E-state index in [0.717, 1.165) is 24.1 Å². The fourth-order valence-electron chi connectivity index (χ4n) is 1.70. The Morgan fingerprint density at radius 2 is 2.06 bits per heavy atom. The number of amides is 2. The SMILES string of the molecule is NCC#Cc1ccc(NC(=O)NC2CCC2)cc1. The van der Waals surface area contributed by atoms with E-state index in [4.69, 9.17) is 5.73 Å². The quantitative estimate of drug-likeness (QED) is 0.692. The van der Waals surface area contributed by atoms with Gasteiger partial charge in [-0.05, 0) is 43.5 Å². The van der Waals surface area contributed by atoms with E-state index >= 15 is 0 Å². The van der Waals surface area contributed by atoms with Gasteiger partial charge in [-0.3, -0.25) is 0 Å². The molecule has 0 spiro atoms. The predicted octanol–water partition coefficient (Wildman–Crippen LogP) is 1.67. The molecule has 0 saturated heterocycles. The summed E-state index contributed by atoms with van der Waals surface area (Å²) in [6.45, 7) is 0.351.